The summed E-state index contributed by atoms with van der Waals surface area (Å²) in [6.45, 7) is -2.58. The summed E-state index contributed by atoms with van der Waals surface area (Å²) in [5, 5.41) is 5.51. The zero-order valence-corrected chi connectivity index (χ0v) is 18.8. The number of hydrogen-bond acceptors (Lipinski definition) is 6. The first kappa shape index (κ1) is 25.4. The number of nitrogens with zero attached hydrogens (tertiary/aromatic N) is 1. The van der Waals surface area contributed by atoms with E-state index in [0.717, 1.165) is 16.2 Å². The first-order chi connectivity index (χ1) is 16.9. The van der Waals surface area contributed by atoms with Crippen molar-refractivity contribution in [3.63, 3.8) is 0 Å². The number of amides is 1. The van der Waals surface area contributed by atoms with Gasteiger partial charge < -0.3 is 20.1 Å². The van der Waals surface area contributed by atoms with Crippen molar-refractivity contribution in [2.24, 2.45) is 0 Å². The van der Waals surface area contributed by atoms with E-state index in [9.17, 15) is 23.2 Å². The Morgan fingerprint density at radius 3 is 2.54 bits per heavy atom. The Labute approximate surface area is 199 Å². The van der Waals surface area contributed by atoms with Gasteiger partial charge in [-0.25, -0.2) is 4.79 Å². The van der Waals surface area contributed by atoms with Gasteiger partial charge in [-0.15, -0.1) is 0 Å². The van der Waals surface area contributed by atoms with Crippen LogP contribution in [0.5, 0.6) is 5.75 Å². The Balaban J connectivity index is 1.91. The Hall–Kier alpha value is -4.25. The number of H-pyrrole nitrogens is 1. The van der Waals surface area contributed by atoms with Crippen molar-refractivity contribution in [3.05, 3.63) is 92.6 Å². The molecule has 0 saturated carbocycles. The molecule has 1 heterocycles. The van der Waals surface area contributed by atoms with Crippen molar-refractivity contribution in [2.45, 2.75) is 19.7 Å². The van der Waals surface area contributed by atoms with Gasteiger partial charge in [0.05, 0.1) is 13.2 Å². The van der Waals surface area contributed by atoms with Crippen LogP contribution in [0.25, 0.3) is 6.08 Å². The lowest BCUT2D eigenvalue weighted by atomic mass is 10.2. The third-order valence-electron chi connectivity index (χ3n) is 4.82. The highest BCUT2D eigenvalue weighted by atomic mass is 19.3. The Morgan fingerprint density at radius 2 is 1.83 bits per heavy atom. The van der Waals surface area contributed by atoms with Gasteiger partial charge in [0.1, 0.15) is 17.3 Å². The normalized spacial score (nSPS) is 11.1. The molecule has 35 heavy (non-hydrogen) atoms. The van der Waals surface area contributed by atoms with E-state index in [4.69, 9.17) is 4.74 Å². The molecule has 3 aromatic rings. The second-order valence-corrected chi connectivity index (χ2v) is 7.21. The molecular weight excluding hydrogens is 462 g/mol. The fourth-order valence-electron chi connectivity index (χ4n) is 3.19. The lowest BCUT2D eigenvalue weighted by Crippen LogP contribution is -2.36. The average molecular weight is 486 g/mol. The topological polar surface area (TPSA) is 114 Å². The van der Waals surface area contributed by atoms with Crippen molar-refractivity contribution in [1.82, 2.24) is 9.55 Å². The summed E-state index contributed by atoms with van der Waals surface area (Å²) in [6, 6.07) is 15.2. The van der Waals surface area contributed by atoms with E-state index in [1.165, 1.54) is 31.4 Å². The molecule has 0 aliphatic carbocycles. The monoisotopic (exact) mass is 486 g/mol. The predicted octanol–water partition coefficient (Wildman–Crippen LogP) is 3.05. The Morgan fingerprint density at radius 1 is 1.11 bits per heavy atom. The second kappa shape index (κ2) is 12.3. The molecule has 184 valence electrons. The molecule has 0 unspecified atom stereocenters. The summed E-state index contributed by atoms with van der Waals surface area (Å²) >= 11 is 0. The van der Waals surface area contributed by atoms with E-state index in [2.05, 4.69) is 20.4 Å². The van der Waals surface area contributed by atoms with E-state index in [0.29, 0.717) is 0 Å². The van der Waals surface area contributed by atoms with E-state index < -0.39 is 23.8 Å². The molecule has 1 amide bonds. The van der Waals surface area contributed by atoms with Crippen molar-refractivity contribution in [1.29, 1.82) is 0 Å². The summed E-state index contributed by atoms with van der Waals surface area (Å²) in [5.41, 5.74) is -0.350. The summed E-state index contributed by atoms with van der Waals surface area (Å²) in [4.78, 5) is 40.0. The van der Waals surface area contributed by atoms with Crippen LogP contribution in [0.2, 0.25) is 0 Å². The lowest BCUT2D eigenvalue weighted by molar-refractivity contribution is -0.111. The quantitative estimate of drug-likeness (QED) is 0.359. The predicted molar refractivity (Wildman–Crippen MR) is 128 cm³/mol. The molecule has 3 rings (SSSR count). The van der Waals surface area contributed by atoms with Gasteiger partial charge in [0.2, 0.25) is 5.91 Å². The molecule has 0 aliphatic heterocycles. The zero-order chi connectivity index (χ0) is 25.2. The molecule has 2 aromatic carbocycles. The van der Waals surface area contributed by atoms with Crippen molar-refractivity contribution >= 4 is 23.5 Å². The third kappa shape index (κ3) is 7.11. The van der Waals surface area contributed by atoms with E-state index in [-0.39, 0.29) is 42.5 Å². The highest BCUT2D eigenvalue weighted by Gasteiger charge is 2.17. The minimum atomic E-state index is -3.03. The third-order valence-corrected chi connectivity index (χ3v) is 4.82. The van der Waals surface area contributed by atoms with Gasteiger partial charge >= 0.3 is 12.3 Å². The maximum atomic E-state index is 12.7. The van der Waals surface area contributed by atoms with Gasteiger partial charge in [-0.1, -0.05) is 48.5 Å². The van der Waals surface area contributed by atoms with E-state index in [1.54, 1.807) is 6.07 Å². The number of alkyl halides is 2. The van der Waals surface area contributed by atoms with E-state index >= 15 is 0 Å². The molecule has 0 bridgehead atoms. The first-order valence-corrected chi connectivity index (χ1v) is 10.6. The smallest absolute Gasteiger partial charge is 0.387 e. The number of hydrogen-bond donors (Lipinski definition) is 3. The van der Waals surface area contributed by atoms with Crippen molar-refractivity contribution in [3.8, 4) is 5.75 Å². The maximum Gasteiger partial charge on any atom is 0.387 e. The minimum absolute atomic E-state index is 0.0206. The zero-order valence-electron chi connectivity index (χ0n) is 18.8. The number of benzene rings is 2. The molecule has 0 aliphatic rings. The summed E-state index contributed by atoms with van der Waals surface area (Å²) < 4.78 is 35.9. The number of anilines is 2. The summed E-state index contributed by atoms with van der Waals surface area (Å²) in [6.07, 6.45) is 2.37. The van der Waals surface area contributed by atoms with Gasteiger partial charge in [-0.05, 0) is 17.7 Å². The highest BCUT2D eigenvalue weighted by Crippen LogP contribution is 2.22. The van der Waals surface area contributed by atoms with Gasteiger partial charge in [-0.3, -0.25) is 19.1 Å². The van der Waals surface area contributed by atoms with Crippen LogP contribution in [0.15, 0.2) is 70.3 Å². The lowest BCUT2D eigenvalue weighted by Gasteiger charge is -2.17. The van der Waals surface area contributed by atoms with Gasteiger partial charge in [0.15, 0.2) is 0 Å². The van der Waals surface area contributed by atoms with Crippen LogP contribution >= 0.6 is 0 Å². The molecule has 9 nitrogen and oxygen atoms in total. The van der Waals surface area contributed by atoms with Crippen molar-refractivity contribution in [2.75, 3.05) is 24.4 Å². The number of aromatic nitrogens is 2. The molecule has 0 radical (unpaired) electrons. The molecule has 3 N–H and O–H groups in total. The standard InChI is InChI=1S/C24H24F2N4O5/c1-34-14-13-30-21(20(22(32)29-24(30)33)27-15-16-7-3-2-4-8-16)28-19(31)12-11-17-9-5-6-10-18(17)35-23(25)26/h2-12,23,27H,13-15H2,1H3,(H,28,31)(H,29,32,33)/b12-11+. The van der Waals surface area contributed by atoms with Crippen molar-refractivity contribution < 1.29 is 23.0 Å². The number of halogens is 2. The Bertz CT molecular complexity index is 1290. The second-order valence-electron chi connectivity index (χ2n) is 7.21. The van der Waals surface area contributed by atoms with Crippen LogP contribution in [0.4, 0.5) is 20.3 Å². The number of carbonyl (C=O) groups excluding carboxylic acids is 1. The fraction of sp³-hybridized carbons (Fsp3) is 0.208. The number of methoxy groups -OCH3 is 1. The van der Waals surface area contributed by atoms with Crippen LogP contribution in [-0.4, -0.2) is 35.8 Å². The molecule has 1 aromatic heterocycles. The highest BCUT2D eigenvalue weighted by molar-refractivity contribution is 6.03. The number of para-hydroxylation sites is 1. The summed E-state index contributed by atoms with van der Waals surface area (Å²) in [5.74, 6) is -0.862. The minimum Gasteiger partial charge on any atom is -0.434 e. The molecule has 0 fully saturated rings. The van der Waals surface area contributed by atoms with Crippen LogP contribution in [-0.2, 0) is 22.6 Å². The van der Waals surface area contributed by atoms with Crippen LogP contribution in [0.1, 0.15) is 11.1 Å². The van der Waals surface area contributed by atoms with Crippen LogP contribution < -0.4 is 26.6 Å². The number of nitrogens with one attached hydrogen (secondary N) is 3. The molecular formula is C24H24F2N4O5. The van der Waals surface area contributed by atoms with Crippen LogP contribution in [0.3, 0.4) is 0 Å². The SMILES string of the molecule is COCCn1c(NC(=O)/C=C/c2ccccc2OC(F)F)c(NCc2ccccc2)c(=O)[nH]c1=O. The average Bonchev–Trinajstić information content (AvgIpc) is 2.83. The molecule has 0 saturated heterocycles. The number of aromatic amines is 1. The molecule has 0 atom stereocenters. The fourth-order valence-corrected chi connectivity index (χ4v) is 3.19. The summed E-state index contributed by atoms with van der Waals surface area (Å²) in [7, 11) is 1.45. The number of rotatable bonds is 11. The molecule has 11 heteroatoms. The first-order valence-electron chi connectivity index (χ1n) is 10.6. The maximum absolute atomic E-state index is 12.7. The molecule has 0 spiro atoms. The van der Waals surface area contributed by atoms with Gasteiger partial charge in [-0.2, -0.15) is 8.78 Å². The number of carbonyl (C=O) groups is 1. The largest absolute Gasteiger partial charge is 0.434 e. The van der Waals surface area contributed by atoms with Crippen LogP contribution in [0, 0.1) is 0 Å². The van der Waals surface area contributed by atoms with E-state index in [1.807, 2.05) is 30.3 Å². The van der Waals surface area contributed by atoms with Gasteiger partial charge in [0.25, 0.3) is 5.56 Å². The van der Waals surface area contributed by atoms with Gasteiger partial charge in [0, 0.05) is 25.3 Å². The Kier molecular flexibility index (Phi) is 8.90. The number of ether oxygens (including phenoxy) is 2.